The Morgan fingerprint density at radius 1 is 1.15 bits per heavy atom. The summed E-state index contributed by atoms with van der Waals surface area (Å²) < 4.78 is 11.2. The van der Waals surface area contributed by atoms with Crippen LogP contribution in [0, 0.1) is 0 Å². The van der Waals surface area contributed by atoms with E-state index in [1.807, 2.05) is 12.1 Å². The first-order valence-electron chi connectivity index (χ1n) is 7.29. The van der Waals surface area contributed by atoms with Gasteiger partial charge in [0.2, 0.25) is 0 Å². The fraction of sp³-hybridized carbons (Fsp3) is 0.533. The zero-order valence-electron chi connectivity index (χ0n) is 11.7. The molecule has 1 aromatic carbocycles. The van der Waals surface area contributed by atoms with Crippen molar-refractivity contribution in [3.05, 3.63) is 18.0 Å². The molecule has 5 nitrogen and oxygen atoms in total. The first-order valence-corrected chi connectivity index (χ1v) is 7.29. The average Bonchev–Trinajstić information content (AvgIpc) is 2.89. The van der Waals surface area contributed by atoms with Gasteiger partial charge >= 0.3 is 0 Å². The van der Waals surface area contributed by atoms with Gasteiger partial charge in [0.15, 0.2) is 11.5 Å². The number of hydrogen-bond acceptors (Lipinski definition) is 4. The number of imidazole rings is 1. The van der Waals surface area contributed by atoms with Gasteiger partial charge in [0.25, 0.3) is 0 Å². The molecule has 2 aliphatic heterocycles. The van der Waals surface area contributed by atoms with Crippen LogP contribution in [0.15, 0.2) is 12.1 Å². The van der Waals surface area contributed by atoms with E-state index in [2.05, 4.69) is 17.2 Å². The second-order valence-electron chi connectivity index (χ2n) is 5.81. The highest BCUT2D eigenvalue weighted by Gasteiger charge is 2.31. The van der Waals surface area contributed by atoms with E-state index in [9.17, 15) is 0 Å². The first-order chi connectivity index (χ1) is 9.74. The minimum absolute atomic E-state index is 0.0561. The van der Waals surface area contributed by atoms with Gasteiger partial charge in [-0.1, -0.05) is 0 Å². The number of aromatic nitrogens is 2. The largest absolute Gasteiger partial charge is 0.486 e. The second-order valence-corrected chi connectivity index (χ2v) is 5.81. The molecule has 1 aromatic heterocycles. The van der Waals surface area contributed by atoms with E-state index in [0.717, 1.165) is 41.3 Å². The van der Waals surface area contributed by atoms with Crippen LogP contribution in [0.3, 0.4) is 0 Å². The highest BCUT2D eigenvalue weighted by atomic mass is 16.6. The summed E-state index contributed by atoms with van der Waals surface area (Å²) in [7, 11) is 0. The van der Waals surface area contributed by atoms with Crippen molar-refractivity contribution in [2.24, 2.45) is 0 Å². The molecule has 3 heterocycles. The third kappa shape index (κ3) is 1.85. The average molecular weight is 273 g/mol. The summed E-state index contributed by atoms with van der Waals surface area (Å²) in [5.41, 5.74) is 1.90. The maximum absolute atomic E-state index is 5.62. The summed E-state index contributed by atoms with van der Waals surface area (Å²) in [5, 5.41) is 3.59. The second kappa shape index (κ2) is 4.38. The van der Waals surface area contributed by atoms with Gasteiger partial charge in [-0.15, -0.1) is 0 Å². The SMILES string of the molecule is CC1(c2nc3cc4c(cc3[nH]2)OCCO4)CCCCN1. The van der Waals surface area contributed by atoms with Crippen molar-refractivity contribution in [2.75, 3.05) is 19.8 Å². The van der Waals surface area contributed by atoms with Crippen LogP contribution in [-0.4, -0.2) is 29.7 Å². The number of piperidine rings is 1. The molecule has 106 valence electrons. The molecular formula is C15H19N3O2. The molecule has 0 spiro atoms. The van der Waals surface area contributed by atoms with Crippen molar-refractivity contribution >= 4 is 11.0 Å². The van der Waals surface area contributed by atoms with Crippen molar-refractivity contribution in [1.82, 2.24) is 15.3 Å². The summed E-state index contributed by atoms with van der Waals surface area (Å²) in [4.78, 5) is 8.21. The number of nitrogens with one attached hydrogen (secondary N) is 2. The van der Waals surface area contributed by atoms with Gasteiger partial charge in [-0.3, -0.25) is 0 Å². The predicted molar refractivity (Wildman–Crippen MR) is 76.3 cm³/mol. The van der Waals surface area contributed by atoms with Crippen molar-refractivity contribution in [2.45, 2.75) is 31.7 Å². The maximum Gasteiger partial charge on any atom is 0.163 e. The van der Waals surface area contributed by atoms with Crippen molar-refractivity contribution < 1.29 is 9.47 Å². The lowest BCUT2D eigenvalue weighted by Gasteiger charge is -2.33. The van der Waals surface area contributed by atoms with Gasteiger partial charge in [0, 0.05) is 12.1 Å². The molecule has 0 amide bonds. The number of nitrogens with zero attached hydrogens (tertiary/aromatic N) is 1. The Labute approximate surface area is 117 Å². The topological polar surface area (TPSA) is 59.2 Å². The van der Waals surface area contributed by atoms with Gasteiger partial charge in [0.1, 0.15) is 19.0 Å². The molecule has 0 bridgehead atoms. The molecule has 4 rings (SSSR count). The van der Waals surface area contributed by atoms with Crippen LogP contribution in [0.2, 0.25) is 0 Å². The van der Waals surface area contributed by atoms with Crippen LogP contribution >= 0.6 is 0 Å². The zero-order chi connectivity index (χ0) is 13.6. The van der Waals surface area contributed by atoms with Crippen LogP contribution in [0.1, 0.15) is 32.0 Å². The Kier molecular flexibility index (Phi) is 2.63. The van der Waals surface area contributed by atoms with E-state index in [0.29, 0.717) is 13.2 Å². The predicted octanol–water partition coefficient (Wildman–Crippen LogP) is 2.32. The summed E-state index contributed by atoms with van der Waals surface area (Å²) in [6, 6.07) is 3.96. The summed E-state index contributed by atoms with van der Waals surface area (Å²) in [6.07, 6.45) is 3.59. The molecule has 2 aromatic rings. The molecule has 20 heavy (non-hydrogen) atoms. The van der Waals surface area contributed by atoms with E-state index < -0.39 is 0 Å². The molecule has 0 saturated carbocycles. The standard InChI is InChI=1S/C15H19N3O2/c1-15(4-2-3-5-16-15)14-17-10-8-12-13(9-11(10)18-14)20-7-6-19-12/h8-9,16H,2-7H2,1H3,(H,17,18). The molecule has 1 atom stereocenters. The summed E-state index contributed by atoms with van der Waals surface area (Å²) >= 11 is 0. The molecule has 1 fully saturated rings. The van der Waals surface area contributed by atoms with E-state index in [1.165, 1.54) is 12.8 Å². The molecule has 0 radical (unpaired) electrons. The number of aromatic amines is 1. The van der Waals surface area contributed by atoms with Crippen LogP contribution < -0.4 is 14.8 Å². The Morgan fingerprint density at radius 2 is 1.95 bits per heavy atom. The highest BCUT2D eigenvalue weighted by molar-refractivity contribution is 5.80. The molecule has 5 heteroatoms. The normalized spacial score (nSPS) is 25.9. The zero-order valence-corrected chi connectivity index (χ0v) is 11.7. The molecule has 2 N–H and O–H groups in total. The lowest BCUT2D eigenvalue weighted by molar-refractivity contribution is 0.172. The molecule has 0 aliphatic carbocycles. The monoisotopic (exact) mass is 273 g/mol. The van der Waals surface area contributed by atoms with E-state index >= 15 is 0 Å². The minimum Gasteiger partial charge on any atom is -0.486 e. The Hall–Kier alpha value is -1.75. The maximum atomic E-state index is 5.62. The quantitative estimate of drug-likeness (QED) is 0.837. The number of ether oxygens (including phenoxy) is 2. The van der Waals surface area contributed by atoms with Crippen molar-refractivity contribution in [1.29, 1.82) is 0 Å². The van der Waals surface area contributed by atoms with Crippen LogP contribution in [-0.2, 0) is 5.54 Å². The minimum atomic E-state index is -0.0561. The van der Waals surface area contributed by atoms with Crippen molar-refractivity contribution in [3.8, 4) is 11.5 Å². The Bertz CT molecular complexity index is 601. The number of hydrogen-bond donors (Lipinski definition) is 2. The van der Waals surface area contributed by atoms with Crippen LogP contribution in [0.4, 0.5) is 0 Å². The van der Waals surface area contributed by atoms with E-state index in [1.54, 1.807) is 0 Å². The van der Waals surface area contributed by atoms with Crippen LogP contribution in [0.25, 0.3) is 11.0 Å². The third-order valence-corrected chi connectivity index (χ3v) is 4.29. The van der Waals surface area contributed by atoms with Gasteiger partial charge in [-0.05, 0) is 32.7 Å². The fourth-order valence-corrected chi connectivity index (χ4v) is 3.07. The number of fused-ring (bicyclic) bond motifs is 2. The van der Waals surface area contributed by atoms with E-state index in [4.69, 9.17) is 14.5 Å². The Morgan fingerprint density at radius 3 is 2.70 bits per heavy atom. The highest BCUT2D eigenvalue weighted by Crippen LogP contribution is 2.35. The molecule has 1 unspecified atom stereocenters. The summed E-state index contributed by atoms with van der Waals surface area (Å²) in [6.45, 7) is 4.49. The third-order valence-electron chi connectivity index (χ3n) is 4.29. The first kappa shape index (κ1) is 12.0. The van der Waals surface area contributed by atoms with Gasteiger partial charge in [-0.25, -0.2) is 4.98 Å². The lowest BCUT2D eigenvalue weighted by atomic mass is 9.90. The molecular weight excluding hydrogens is 254 g/mol. The number of benzene rings is 1. The number of H-pyrrole nitrogens is 1. The van der Waals surface area contributed by atoms with E-state index in [-0.39, 0.29) is 5.54 Å². The molecule has 1 saturated heterocycles. The van der Waals surface area contributed by atoms with Gasteiger partial charge in [0.05, 0.1) is 16.6 Å². The Balaban J connectivity index is 1.78. The van der Waals surface area contributed by atoms with Gasteiger partial charge in [-0.2, -0.15) is 0 Å². The lowest BCUT2D eigenvalue weighted by Crippen LogP contribution is -2.44. The fourth-order valence-electron chi connectivity index (χ4n) is 3.07. The smallest absolute Gasteiger partial charge is 0.163 e. The number of rotatable bonds is 1. The van der Waals surface area contributed by atoms with Crippen LogP contribution in [0.5, 0.6) is 11.5 Å². The molecule has 2 aliphatic rings. The van der Waals surface area contributed by atoms with Gasteiger partial charge < -0.3 is 19.8 Å². The summed E-state index contributed by atoms with van der Waals surface area (Å²) in [5.74, 6) is 2.61. The van der Waals surface area contributed by atoms with Crippen molar-refractivity contribution in [3.63, 3.8) is 0 Å².